The lowest BCUT2D eigenvalue weighted by Crippen LogP contribution is -2.18. The monoisotopic (exact) mass is 416 g/mol. The molecule has 0 bridgehead atoms. The number of halogens is 4. The molecule has 0 aliphatic carbocycles. The summed E-state index contributed by atoms with van der Waals surface area (Å²) in [5, 5.41) is 16.0. The number of aliphatic hydroxyl groups is 1. The van der Waals surface area contributed by atoms with Gasteiger partial charge in [-0.2, -0.15) is 18.3 Å². The van der Waals surface area contributed by atoms with Gasteiger partial charge in [-0.1, -0.05) is 19.9 Å². The Bertz CT molecular complexity index is 876. The van der Waals surface area contributed by atoms with Gasteiger partial charge in [-0.15, -0.1) is 0 Å². The van der Waals surface area contributed by atoms with Gasteiger partial charge in [-0.25, -0.2) is 14.1 Å². The lowest BCUT2D eigenvalue weighted by molar-refractivity contribution is -0.140. The first-order chi connectivity index (χ1) is 13.6. The SMILES string of the molecule is C/C(=N/c1c(C)c(CO)nn1C(C)c1ccc(C(F)(F)F)c(F)c1)NC=O.CC. The Morgan fingerprint density at radius 3 is 2.48 bits per heavy atom. The molecule has 1 unspecified atom stereocenters. The van der Waals surface area contributed by atoms with E-state index in [1.807, 2.05) is 13.8 Å². The van der Waals surface area contributed by atoms with Crippen molar-refractivity contribution < 1.29 is 27.5 Å². The zero-order valence-electron chi connectivity index (χ0n) is 16.8. The molecule has 0 spiro atoms. The number of hydrogen-bond acceptors (Lipinski definition) is 4. The minimum atomic E-state index is -4.79. The zero-order chi connectivity index (χ0) is 22.4. The molecular formula is C19H24F4N4O2. The van der Waals surface area contributed by atoms with E-state index < -0.39 is 23.6 Å². The Balaban J connectivity index is 0.00000204. The molecule has 0 aliphatic heterocycles. The first kappa shape index (κ1) is 24.3. The van der Waals surface area contributed by atoms with E-state index in [-0.39, 0.29) is 18.0 Å². The van der Waals surface area contributed by atoms with Crippen molar-refractivity contribution in [3.8, 4) is 0 Å². The zero-order valence-corrected chi connectivity index (χ0v) is 16.8. The topological polar surface area (TPSA) is 79.5 Å². The highest BCUT2D eigenvalue weighted by molar-refractivity contribution is 5.90. The Morgan fingerprint density at radius 2 is 2.00 bits per heavy atom. The number of nitrogens with zero attached hydrogens (tertiary/aromatic N) is 3. The van der Waals surface area contributed by atoms with E-state index in [9.17, 15) is 27.5 Å². The van der Waals surface area contributed by atoms with Crippen LogP contribution >= 0.6 is 0 Å². The van der Waals surface area contributed by atoms with Crippen LogP contribution in [-0.2, 0) is 17.6 Å². The Labute approximate surface area is 166 Å². The van der Waals surface area contributed by atoms with Crippen LogP contribution in [0.2, 0.25) is 0 Å². The largest absolute Gasteiger partial charge is 0.419 e. The smallest absolute Gasteiger partial charge is 0.390 e. The van der Waals surface area contributed by atoms with Gasteiger partial charge in [0.05, 0.1) is 23.9 Å². The second-order valence-electron chi connectivity index (χ2n) is 5.87. The number of aliphatic hydroxyl groups excluding tert-OH is 1. The number of benzene rings is 1. The molecule has 0 fully saturated rings. The van der Waals surface area contributed by atoms with Crippen molar-refractivity contribution in [3.63, 3.8) is 0 Å². The van der Waals surface area contributed by atoms with Crippen LogP contribution < -0.4 is 5.32 Å². The molecule has 1 heterocycles. The molecule has 0 saturated carbocycles. The molecule has 0 aliphatic rings. The molecule has 2 N–H and O–H groups in total. The average molecular weight is 416 g/mol. The van der Waals surface area contributed by atoms with Gasteiger partial charge in [-0.3, -0.25) is 4.79 Å². The van der Waals surface area contributed by atoms with E-state index in [0.29, 0.717) is 29.6 Å². The Hall–Kier alpha value is -2.75. The number of carbonyl (C=O) groups excluding carboxylic acids is 1. The average Bonchev–Trinajstić information content (AvgIpc) is 2.97. The summed E-state index contributed by atoms with van der Waals surface area (Å²) in [4.78, 5) is 14.8. The first-order valence-corrected chi connectivity index (χ1v) is 8.91. The van der Waals surface area contributed by atoms with Crippen LogP contribution in [0, 0.1) is 12.7 Å². The summed E-state index contributed by atoms with van der Waals surface area (Å²) < 4.78 is 53.5. The van der Waals surface area contributed by atoms with Crippen molar-refractivity contribution in [3.05, 3.63) is 46.4 Å². The normalized spacial score (nSPS) is 12.8. The minimum absolute atomic E-state index is 0.241. The number of alkyl halides is 3. The third-order valence-corrected chi connectivity index (χ3v) is 4.05. The van der Waals surface area contributed by atoms with Gasteiger partial charge in [0.2, 0.25) is 6.41 Å². The summed E-state index contributed by atoms with van der Waals surface area (Å²) in [6.07, 6.45) is -4.35. The van der Waals surface area contributed by atoms with Gasteiger partial charge in [0, 0.05) is 5.56 Å². The minimum Gasteiger partial charge on any atom is -0.390 e. The number of carbonyl (C=O) groups is 1. The van der Waals surface area contributed by atoms with Gasteiger partial charge in [0.1, 0.15) is 11.7 Å². The van der Waals surface area contributed by atoms with Crippen molar-refractivity contribution in [2.45, 2.75) is 53.4 Å². The predicted molar refractivity (Wildman–Crippen MR) is 101 cm³/mol. The van der Waals surface area contributed by atoms with Crippen LogP contribution in [0.25, 0.3) is 0 Å². The van der Waals surface area contributed by atoms with Gasteiger partial charge < -0.3 is 10.4 Å². The van der Waals surface area contributed by atoms with Crippen LogP contribution in [0.1, 0.15) is 56.1 Å². The van der Waals surface area contributed by atoms with Crippen LogP contribution in [0.3, 0.4) is 0 Å². The highest BCUT2D eigenvalue weighted by Gasteiger charge is 2.34. The third-order valence-electron chi connectivity index (χ3n) is 4.05. The third kappa shape index (κ3) is 5.63. The predicted octanol–water partition coefficient (Wildman–Crippen LogP) is 4.27. The molecule has 1 atom stereocenters. The maximum atomic E-state index is 13.9. The molecule has 2 aromatic rings. The molecule has 10 heteroatoms. The number of hydrogen-bond donors (Lipinski definition) is 2. The van der Waals surface area contributed by atoms with E-state index in [1.165, 1.54) is 11.6 Å². The first-order valence-electron chi connectivity index (χ1n) is 8.91. The highest BCUT2D eigenvalue weighted by Crippen LogP contribution is 2.34. The molecule has 1 amide bonds. The number of nitrogens with one attached hydrogen (secondary N) is 1. The second-order valence-corrected chi connectivity index (χ2v) is 5.87. The maximum absolute atomic E-state index is 13.9. The molecule has 1 aromatic carbocycles. The lowest BCUT2D eigenvalue weighted by Gasteiger charge is -2.17. The summed E-state index contributed by atoms with van der Waals surface area (Å²) >= 11 is 0. The molecule has 29 heavy (non-hydrogen) atoms. The van der Waals surface area contributed by atoms with Crippen LogP contribution in [0.15, 0.2) is 23.2 Å². The van der Waals surface area contributed by atoms with E-state index in [1.54, 1.807) is 13.8 Å². The number of aromatic nitrogens is 2. The quantitative estimate of drug-likeness (QED) is 0.331. The number of rotatable bonds is 5. The molecule has 0 radical (unpaired) electrons. The summed E-state index contributed by atoms with van der Waals surface area (Å²) in [7, 11) is 0. The lowest BCUT2D eigenvalue weighted by atomic mass is 10.1. The highest BCUT2D eigenvalue weighted by atomic mass is 19.4. The van der Waals surface area contributed by atoms with Crippen molar-refractivity contribution in [2.24, 2.45) is 4.99 Å². The second kappa shape index (κ2) is 10.1. The van der Waals surface area contributed by atoms with E-state index in [0.717, 1.165) is 12.1 Å². The molecule has 6 nitrogen and oxygen atoms in total. The molecular weight excluding hydrogens is 392 g/mol. The van der Waals surface area contributed by atoms with Crippen molar-refractivity contribution >= 4 is 18.1 Å². The summed E-state index contributed by atoms with van der Waals surface area (Å²) in [5.41, 5.74) is -0.268. The molecule has 1 aromatic heterocycles. The van der Waals surface area contributed by atoms with E-state index in [2.05, 4.69) is 15.4 Å². The maximum Gasteiger partial charge on any atom is 0.419 e. The van der Waals surface area contributed by atoms with Crippen LogP contribution in [-0.4, -0.2) is 27.1 Å². The van der Waals surface area contributed by atoms with Gasteiger partial charge >= 0.3 is 6.18 Å². The fourth-order valence-corrected chi connectivity index (χ4v) is 2.55. The Morgan fingerprint density at radius 1 is 1.38 bits per heavy atom. The van der Waals surface area contributed by atoms with Crippen molar-refractivity contribution in [1.82, 2.24) is 15.1 Å². The summed E-state index contributed by atoms with van der Waals surface area (Å²) in [6, 6.07) is 1.96. The number of aliphatic imine (C=N–C) groups is 1. The van der Waals surface area contributed by atoms with Gasteiger partial charge in [0.25, 0.3) is 0 Å². The molecule has 2 rings (SSSR count). The standard InChI is InChI=1S/C17H18F4N4O2.C2H6/c1-9-15(7-26)24-25(16(9)23-11(3)22-8-27)10(2)12-4-5-13(14(18)6-12)17(19,20)21;1-2/h4-6,8,10,26H,7H2,1-3H3,(H,22,23,27);1-2H3. The van der Waals surface area contributed by atoms with Gasteiger partial charge in [-0.05, 0) is 38.5 Å². The summed E-state index contributed by atoms with van der Waals surface area (Å²) in [6.45, 7) is 8.42. The summed E-state index contributed by atoms with van der Waals surface area (Å²) in [5.74, 6) is -0.842. The van der Waals surface area contributed by atoms with Crippen LogP contribution in [0.5, 0.6) is 0 Å². The van der Waals surface area contributed by atoms with E-state index in [4.69, 9.17) is 0 Å². The Kier molecular flexibility index (Phi) is 8.50. The molecule has 0 saturated heterocycles. The van der Waals surface area contributed by atoms with Crippen molar-refractivity contribution in [2.75, 3.05) is 0 Å². The fraction of sp³-hybridized carbons (Fsp3) is 0.421. The molecule has 160 valence electrons. The fourth-order valence-electron chi connectivity index (χ4n) is 2.55. The number of amides is 1. The van der Waals surface area contributed by atoms with Crippen LogP contribution in [0.4, 0.5) is 23.4 Å². The van der Waals surface area contributed by atoms with Gasteiger partial charge in [0.15, 0.2) is 5.82 Å². The number of amidine groups is 1. The van der Waals surface area contributed by atoms with Crippen molar-refractivity contribution in [1.29, 1.82) is 0 Å². The van der Waals surface area contributed by atoms with E-state index >= 15 is 0 Å².